The highest BCUT2D eigenvalue weighted by Gasteiger charge is 2.14. The maximum atomic E-state index is 11.6. The molecule has 1 aromatic carbocycles. The smallest absolute Gasteiger partial charge is 0.341 e. The predicted molar refractivity (Wildman–Crippen MR) is 64.6 cm³/mol. The Morgan fingerprint density at radius 1 is 1.16 bits per heavy atom. The van der Waals surface area contributed by atoms with Gasteiger partial charge >= 0.3 is 17.9 Å². The van der Waals surface area contributed by atoms with Crippen LogP contribution in [0.4, 0.5) is 0 Å². The van der Waals surface area contributed by atoms with Gasteiger partial charge < -0.3 is 14.6 Å². The number of hydrogen-bond acceptors (Lipinski definition) is 5. The van der Waals surface area contributed by atoms with Crippen LogP contribution in [0.2, 0.25) is 0 Å². The minimum atomic E-state index is -1.09. The normalized spacial score (nSPS) is 11.2. The quantitative estimate of drug-likeness (QED) is 0.493. The summed E-state index contributed by atoms with van der Waals surface area (Å²) in [6, 6.07) is 5.18. The zero-order chi connectivity index (χ0) is 14.4. The van der Waals surface area contributed by atoms with Crippen molar-refractivity contribution in [2.45, 2.75) is 13.2 Å². The molecule has 1 atom stereocenters. The topological polar surface area (TPSA) is 89.9 Å². The second-order valence-electron chi connectivity index (χ2n) is 3.50. The van der Waals surface area contributed by atoms with Crippen molar-refractivity contribution in [1.82, 2.24) is 0 Å². The highest BCUT2D eigenvalue weighted by atomic mass is 16.7. The van der Waals surface area contributed by atoms with Crippen molar-refractivity contribution in [3.8, 4) is 0 Å². The number of carbonyl (C=O) groups excluding carboxylic acids is 2. The predicted octanol–water partition coefficient (Wildman–Crippen LogP) is 1.62. The van der Waals surface area contributed by atoms with Gasteiger partial charge in [0.2, 0.25) is 6.29 Å². The highest BCUT2D eigenvalue weighted by molar-refractivity contribution is 5.92. The molecule has 1 unspecified atom stereocenters. The van der Waals surface area contributed by atoms with Gasteiger partial charge in [0.05, 0.1) is 11.1 Å². The minimum Gasteiger partial charge on any atom is -0.478 e. The van der Waals surface area contributed by atoms with Gasteiger partial charge in [-0.2, -0.15) is 0 Å². The maximum absolute atomic E-state index is 11.6. The van der Waals surface area contributed by atoms with Gasteiger partial charge in [-0.15, -0.1) is 0 Å². The molecule has 1 aromatic rings. The third-order valence-electron chi connectivity index (χ3n) is 2.09. The molecule has 100 valence electrons. The highest BCUT2D eigenvalue weighted by Crippen LogP contribution is 2.08. The number of ether oxygens (including phenoxy) is 2. The lowest BCUT2D eigenvalue weighted by Crippen LogP contribution is -2.20. The minimum absolute atomic E-state index is 0.0580. The molecule has 19 heavy (non-hydrogen) atoms. The van der Waals surface area contributed by atoms with Crippen LogP contribution in [0.3, 0.4) is 0 Å². The second-order valence-corrected chi connectivity index (χ2v) is 3.50. The fraction of sp³-hybridized carbons (Fsp3) is 0.154. The van der Waals surface area contributed by atoms with E-state index in [0.717, 1.165) is 6.08 Å². The van der Waals surface area contributed by atoms with Crippen molar-refractivity contribution in [3.63, 3.8) is 0 Å². The van der Waals surface area contributed by atoms with Crippen LogP contribution < -0.4 is 0 Å². The van der Waals surface area contributed by atoms with Crippen LogP contribution in [-0.2, 0) is 14.3 Å². The molecule has 0 spiro atoms. The molecule has 0 aromatic heterocycles. The number of carboxylic acid groups (broad SMARTS) is 1. The Bertz CT molecular complexity index is 502. The van der Waals surface area contributed by atoms with Crippen molar-refractivity contribution in [2.75, 3.05) is 0 Å². The van der Waals surface area contributed by atoms with E-state index in [2.05, 4.69) is 11.3 Å². The average molecular weight is 264 g/mol. The maximum Gasteiger partial charge on any atom is 0.341 e. The van der Waals surface area contributed by atoms with Crippen molar-refractivity contribution in [3.05, 3.63) is 48.0 Å². The van der Waals surface area contributed by atoms with E-state index in [-0.39, 0.29) is 11.1 Å². The first-order valence-electron chi connectivity index (χ1n) is 5.31. The molecule has 6 heteroatoms. The molecular formula is C13H12O6. The van der Waals surface area contributed by atoms with Crippen molar-refractivity contribution >= 4 is 17.9 Å². The number of benzene rings is 1. The van der Waals surface area contributed by atoms with Gasteiger partial charge in [0.15, 0.2) is 0 Å². The molecule has 0 saturated carbocycles. The van der Waals surface area contributed by atoms with E-state index in [1.807, 2.05) is 0 Å². The van der Waals surface area contributed by atoms with E-state index in [9.17, 15) is 14.4 Å². The number of esters is 2. The molecule has 6 nitrogen and oxygen atoms in total. The summed E-state index contributed by atoms with van der Waals surface area (Å²) < 4.78 is 9.49. The van der Waals surface area contributed by atoms with Crippen LogP contribution in [0.1, 0.15) is 27.6 Å². The number of carboxylic acids is 1. The molecular weight excluding hydrogens is 252 g/mol. The summed E-state index contributed by atoms with van der Waals surface area (Å²) in [5.74, 6) is -2.52. The number of rotatable bonds is 5. The lowest BCUT2D eigenvalue weighted by molar-refractivity contribution is -0.159. The zero-order valence-electron chi connectivity index (χ0n) is 10.2. The van der Waals surface area contributed by atoms with Crippen molar-refractivity contribution < 1.29 is 29.0 Å². The Morgan fingerprint density at radius 2 is 1.68 bits per heavy atom. The lowest BCUT2D eigenvalue weighted by atomic mass is 10.1. The Balaban J connectivity index is 2.65. The van der Waals surface area contributed by atoms with Gasteiger partial charge in [0.1, 0.15) is 0 Å². The molecule has 0 aliphatic carbocycles. The first-order chi connectivity index (χ1) is 8.93. The molecule has 0 amide bonds. The van der Waals surface area contributed by atoms with Crippen molar-refractivity contribution in [2.24, 2.45) is 0 Å². The van der Waals surface area contributed by atoms with Gasteiger partial charge in [0, 0.05) is 13.0 Å². The third kappa shape index (κ3) is 4.27. The van der Waals surface area contributed by atoms with E-state index < -0.39 is 24.2 Å². The molecule has 0 bridgehead atoms. The second kappa shape index (κ2) is 6.34. The first kappa shape index (κ1) is 14.4. The monoisotopic (exact) mass is 264 g/mol. The third-order valence-corrected chi connectivity index (χ3v) is 2.09. The molecule has 0 aliphatic heterocycles. The van der Waals surface area contributed by atoms with Gasteiger partial charge in [-0.05, 0) is 24.3 Å². The van der Waals surface area contributed by atoms with Gasteiger partial charge in [-0.1, -0.05) is 6.58 Å². The fourth-order valence-corrected chi connectivity index (χ4v) is 1.20. The summed E-state index contributed by atoms with van der Waals surface area (Å²) in [5, 5.41) is 8.70. The van der Waals surface area contributed by atoms with Crippen LogP contribution in [0.15, 0.2) is 36.9 Å². The molecule has 0 heterocycles. The van der Waals surface area contributed by atoms with Crippen molar-refractivity contribution in [1.29, 1.82) is 0 Å². The van der Waals surface area contributed by atoms with Crippen LogP contribution in [-0.4, -0.2) is 29.3 Å². The first-order valence-corrected chi connectivity index (χ1v) is 5.31. The standard InChI is InChI=1S/C13H12O6/c1-3-11(14)18-8(2)19-13(17)10-6-4-9(5-7-10)12(15)16/h3-8H,1H2,2H3,(H,15,16). The van der Waals surface area contributed by atoms with E-state index in [1.165, 1.54) is 31.2 Å². The molecule has 0 aliphatic rings. The Morgan fingerprint density at radius 3 is 2.16 bits per heavy atom. The molecule has 0 fully saturated rings. The SMILES string of the molecule is C=CC(=O)OC(C)OC(=O)c1ccc(C(=O)O)cc1. The average Bonchev–Trinajstić information content (AvgIpc) is 2.38. The summed E-state index contributed by atoms with van der Waals surface area (Å²) in [7, 11) is 0. The summed E-state index contributed by atoms with van der Waals surface area (Å²) in [6.07, 6.45) is -0.108. The Kier molecular flexibility index (Phi) is 4.82. The molecule has 0 radical (unpaired) electrons. The summed E-state index contributed by atoms with van der Waals surface area (Å²) in [4.78, 5) is 33.1. The number of carbonyl (C=O) groups is 3. The van der Waals surface area contributed by atoms with E-state index >= 15 is 0 Å². The lowest BCUT2D eigenvalue weighted by Gasteiger charge is -2.12. The Labute approximate surface area is 109 Å². The van der Waals surface area contributed by atoms with Crippen LogP contribution in [0.5, 0.6) is 0 Å². The molecule has 0 saturated heterocycles. The summed E-state index contributed by atoms with van der Waals surface area (Å²) >= 11 is 0. The van der Waals surface area contributed by atoms with E-state index in [4.69, 9.17) is 9.84 Å². The van der Waals surface area contributed by atoms with Crippen LogP contribution in [0.25, 0.3) is 0 Å². The molecule has 1 N–H and O–H groups in total. The fourth-order valence-electron chi connectivity index (χ4n) is 1.20. The van der Waals surface area contributed by atoms with Gasteiger partial charge in [-0.25, -0.2) is 14.4 Å². The van der Waals surface area contributed by atoms with Crippen LogP contribution in [0, 0.1) is 0 Å². The summed E-state index contributed by atoms with van der Waals surface area (Å²) in [6.45, 7) is 4.59. The van der Waals surface area contributed by atoms with Gasteiger partial charge in [-0.3, -0.25) is 0 Å². The van der Waals surface area contributed by atoms with E-state index in [1.54, 1.807) is 0 Å². The number of hydrogen-bond donors (Lipinski definition) is 1. The summed E-state index contributed by atoms with van der Waals surface area (Å²) in [5.41, 5.74) is 0.217. The Hall–Kier alpha value is -2.63. The van der Waals surface area contributed by atoms with E-state index in [0.29, 0.717) is 0 Å². The molecule has 1 rings (SSSR count). The zero-order valence-corrected chi connectivity index (χ0v) is 10.2. The van der Waals surface area contributed by atoms with Gasteiger partial charge in [0.25, 0.3) is 0 Å². The van der Waals surface area contributed by atoms with Crippen LogP contribution >= 0.6 is 0 Å². The largest absolute Gasteiger partial charge is 0.478 e. The number of aromatic carboxylic acids is 1.